The lowest BCUT2D eigenvalue weighted by Gasteiger charge is -2.34. The summed E-state index contributed by atoms with van der Waals surface area (Å²) < 4.78 is 6.28. The van der Waals surface area contributed by atoms with Crippen molar-refractivity contribution in [2.75, 3.05) is 12.8 Å². The van der Waals surface area contributed by atoms with Crippen molar-refractivity contribution in [3.05, 3.63) is 28.6 Å². The van der Waals surface area contributed by atoms with Gasteiger partial charge in [0.05, 0.1) is 11.8 Å². The fourth-order valence-electron chi connectivity index (χ4n) is 2.52. The zero-order chi connectivity index (χ0) is 14.3. The summed E-state index contributed by atoms with van der Waals surface area (Å²) >= 11 is 1.46. The Kier molecular flexibility index (Phi) is 3.40. The molecule has 1 heterocycles. The van der Waals surface area contributed by atoms with Gasteiger partial charge in [0.1, 0.15) is 4.88 Å². The number of nitrogen functional groups attached to an aromatic ring is 1. The van der Waals surface area contributed by atoms with Crippen LogP contribution in [-0.2, 0) is 4.74 Å². The topological polar surface area (TPSA) is 64.3 Å². The molecular weight excluding hydrogens is 272 g/mol. The zero-order valence-corrected chi connectivity index (χ0v) is 12.4. The number of carbonyl (C=O) groups excluding carboxylic acids is 1. The predicted molar refractivity (Wildman–Crippen MR) is 82.3 cm³/mol. The van der Waals surface area contributed by atoms with E-state index in [2.05, 4.69) is 11.4 Å². The number of hydrogen-bond acceptors (Lipinski definition) is 4. The summed E-state index contributed by atoms with van der Waals surface area (Å²) in [6.45, 7) is 2.04. The van der Waals surface area contributed by atoms with Crippen LogP contribution in [0.3, 0.4) is 0 Å². The van der Waals surface area contributed by atoms with Crippen LogP contribution in [0.4, 0.5) is 5.69 Å². The third-order valence-electron chi connectivity index (χ3n) is 3.85. The van der Waals surface area contributed by atoms with E-state index in [1.807, 2.05) is 19.1 Å². The van der Waals surface area contributed by atoms with Crippen LogP contribution in [0.2, 0.25) is 0 Å². The Morgan fingerprint density at radius 1 is 1.45 bits per heavy atom. The molecule has 106 valence electrons. The molecule has 0 bridgehead atoms. The van der Waals surface area contributed by atoms with Gasteiger partial charge in [-0.05, 0) is 31.4 Å². The summed E-state index contributed by atoms with van der Waals surface area (Å²) in [7, 11) is 1.70. The smallest absolute Gasteiger partial charge is 0.263 e. The van der Waals surface area contributed by atoms with Crippen molar-refractivity contribution in [3.63, 3.8) is 0 Å². The van der Waals surface area contributed by atoms with Gasteiger partial charge in [-0.15, -0.1) is 11.3 Å². The van der Waals surface area contributed by atoms with Crippen molar-refractivity contribution in [3.8, 4) is 0 Å². The number of carbonyl (C=O) groups is 1. The highest BCUT2D eigenvalue weighted by molar-refractivity contribution is 7.21. The number of rotatable bonds is 3. The molecule has 3 N–H and O–H groups in total. The van der Waals surface area contributed by atoms with Gasteiger partial charge in [0.2, 0.25) is 0 Å². The first-order valence-corrected chi connectivity index (χ1v) is 7.52. The Morgan fingerprint density at radius 3 is 2.90 bits per heavy atom. The van der Waals surface area contributed by atoms with Crippen LogP contribution in [0.5, 0.6) is 0 Å². The lowest BCUT2D eigenvalue weighted by atomic mass is 9.89. The maximum Gasteiger partial charge on any atom is 0.263 e. The summed E-state index contributed by atoms with van der Waals surface area (Å²) in [5, 5.41) is 3.99. The fraction of sp³-hybridized carbons (Fsp3) is 0.400. The maximum absolute atomic E-state index is 12.3. The number of anilines is 1. The number of nitrogens with one attached hydrogen (secondary N) is 1. The van der Waals surface area contributed by atoms with Gasteiger partial charge in [0.25, 0.3) is 5.91 Å². The van der Waals surface area contributed by atoms with Gasteiger partial charge in [0, 0.05) is 23.2 Å². The van der Waals surface area contributed by atoms with Gasteiger partial charge in [-0.2, -0.15) is 0 Å². The average Bonchev–Trinajstić information content (AvgIpc) is 2.70. The number of nitrogens with two attached hydrogens (primary N) is 1. The minimum Gasteiger partial charge on any atom is -0.397 e. The van der Waals surface area contributed by atoms with E-state index in [9.17, 15) is 4.79 Å². The van der Waals surface area contributed by atoms with E-state index >= 15 is 0 Å². The van der Waals surface area contributed by atoms with E-state index < -0.39 is 0 Å². The first kappa shape index (κ1) is 13.4. The normalized spacial score (nSPS) is 21.7. The van der Waals surface area contributed by atoms with Crippen LogP contribution >= 0.6 is 11.3 Å². The van der Waals surface area contributed by atoms with Gasteiger partial charge >= 0.3 is 0 Å². The molecule has 20 heavy (non-hydrogen) atoms. The second-order valence-corrected chi connectivity index (χ2v) is 6.40. The highest BCUT2D eigenvalue weighted by atomic mass is 32.1. The molecule has 1 amide bonds. The van der Waals surface area contributed by atoms with E-state index in [1.54, 1.807) is 7.11 Å². The molecular formula is C15H18N2O2S. The molecule has 0 atom stereocenters. The van der Waals surface area contributed by atoms with E-state index in [1.165, 1.54) is 16.9 Å². The molecule has 0 saturated heterocycles. The summed E-state index contributed by atoms with van der Waals surface area (Å²) in [5.41, 5.74) is 7.87. The highest BCUT2D eigenvalue weighted by Gasteiger charge is 2.31. The molecule has 1 fully saturated rings. The van der Waals surface area contributed by atoms with Crippen LogP contribution < -0.4 is 11.1 Å². The van der Waals surface area contributed by atoms with Crippen LogP contribution in [0.25, 0.3) is 10.1 Å². The summed E-state index contributed by atoms with van der Waals surface area (Å²) in [6.07, 6.45) is 2.04. The Morgan fingerprint density at radius 2 is 2.20 bits per heavy atom. The molecule has 1 aromatic carbocycles. The molecule has 5 heteroatoms. The Bertz CT molecular complexity index is 659. The second-order valence-electron chi connectivity index (χ2n) is 5.34. The minimum atomic E-state index is -0.0686. The van der Waals surface area contributed by atoms with Gasteiger partial charge in [0.15, 0.2) is 0 Å². The van der Waals surface area contributed by atoms with Gasteiger partial charge in [-0.1, -0.05) is 12.1 Å². The highest BCUT2D eigenvalue weighted by Crippen LogP contribution is 2.34. The van der Waals surface area contributed by atoms with E-state index in [-0.39, 0.29) is 18.1 Å². The Labute approximate surface area is 121 Å². The third kappa shape index (κ3) is 2.27. The molecule has 0 radical (unpaired) electrons. The molecule has 0 spiro atoms. The molecule has 1 saturated carbocycles. The van der Waals surface area contributed by atoms with Crippen molar-refractivity contribution < 1.29 is 9.53 Å². The van der Waals surface area contributed by atoms with Gasteiger partial charge < -0.3 is 15.8 Å². The monoisotopic (exact) mass is 290 g/mol. The largest absolute Gasteiger partial charge is 0.397 e. The van der Waals surface area contributed by atoms with Crippen LogP contribution in [0, 0.1) is 6.92 Å². The van der Waals surface area contributed by atoms with Crippen molar-refractivity contribution in [2.24, 2.45) is 0 Å². The summed E-state index contributed by atoms with van der Waals surface area (Å²) in [6, 6.07) is 6.27. The average molecular weight is 290 g/mol. The van der Waals surface area contributed by atoms with E-state index in [0.717, 1.165) is 22.9 Å². The number of fused-ring (bicyclic) bond motifs is 1. The fourth-order valence-corrected chi connectivity index (χ4v) is 3.64. The third-order valence-corrected chi connectivity index (χ3v) is 5.02. The van der Waals surface area contributed by atoms with Crippen LogP contribution in [0.1, 0.15) is 28.1 Å². The van der Waals surface area contributed by atoms with Crippen LogP contribution in [0.15, 0.2) is 18.2 Å². The first-order valence-electron chi connectivity index (χ1n) is 6.70. The molecule has 3 rings (SSSR count). The van der Waals surface area contributed by atoms with Gasteiger partial charge in [-0.25, -0.2) is 0 Å². The molecule has 0 unspecified atom stereocenters. The number of thiophene rings is 1. The summed E-state index contributed by atoms with van der Waals surface area (Å²) in [4.78, 5) is 12.9. The quantitative estimate of drug-likeness (QED) is 0.913. The molecule has 1 aliphatic carbocycles. The molecule has 1 aliphatic rings. The molecule has 4 nitrogen and oxygen atoms in total. The SMILES string of the molecule is COC1CC(NC(=O)c2sc3cc(C)ccc3c2N)C1. The number of aryl methyl sites for hydroxylation is 1. The minimum absolute atomic E-state index is 0.0686. The first-order chi connectivity index (χ1) is 9.58. The summed E-state index contributed by atoms with van der Waals surface area (Å²) in [5.74, 6) is -0.0686. The lowest BCUT2D eigenvalue weighted by Crippen LogP contribution is -2.47. The van der Waals surface area contributed by atoms with E-state index in [4.69, 9.17) is 10.5 Å². The number of hydrogen-bond donors (Lipinski definition) is 2. The molecule has 1 aromatic heterocycles. The lowest BCUT2D eigenvalue weighted by molar-refractivity contribution is 0.0177. The predicted octanol–water partition coefficient (Wildman–Crippen LogP) is 2.70. The number of benzene rings is 1. The van der Waals surface area contributed by atoms with Crippen molar-refractivity contribution in [1.29, 1.82) is 0 Å². The van der Waals surface area contributed by atoms with Crippen LogP contribution in [-0.4, -0.2) is 25.2 Å². The second kappa shape index (κ2) is 5.07. The van der Waals surface area contributed by atoms with Crippen molar-refractivity contribution in [2.45, 2.75) is 31.9 Å². The number of ether oxygens (including phenoxy) is 1. The molecule has 0 aliphatic heterocycles. The van der Waals surface area contributed by atoms with E-state index in [0.29, 0.717) is 10.6 Å². The zero-order valence-electron chi connectivity index (χ0n) is 11.6. The Balaban J connectivity index is 1.79. The van der Waals surface area contributed by atoms with Crippen molar-refractivity contribution in [1.82, 2.24) is 5.32 Å². The molecule has 2 aromatic rings. The number of methoxy groups -OCH3 is 1. The van der Waals surface area contributed by atoms with Gasteiger partial charge in [-0.3, -0.25) is 4.79 Å². The number of amides is 1. The maximum atomic E-state index is 12.3. The standard InChI is InChI=1S/C15H18N2O2S/c1-8-3-4-11-12(5-8)20-14(13(11)16)15(18)17-9-6-10(7-9)19-2/h3-5,9-10H,6-7,16H2,1-2H3,(H,17,18). The van der Waals surface area contributed by atoms with Crippen molar-refractivity contribution >= 4 is 33.0 Å². The Hall–Kier alpha value is -1.59.